The molecule has 0 aromatic rings. The van der Waals surface area contributed by atoms with Gasteiger partial charge in [0.1, 0.15) is 0 Å². The van der Waals surface area contributed by atoms with Gasteiger partial charge in [0, 0.05) is 12.6 Å². The van der Waals surface area contributed by atoms with E-state index in [2.05, 4.69) is 46.4 Å². The number of rotatable bonds is 10. The summed E-state index contributed by atoms with van der Waals surface area (Å²) in [6.45, 7) is 16.3. The van der Waals surface area contributed by atoms with E-state index >= 15 is 0 Å². The van der Waals surface area contributed by atoms with Crippen LogP contribution in [0.4, 0.5) is 0 Å². The van der Waals surface area contributed by atoms with E-state index in [9.17, 15) is 4.79 Å². The quantitative estimate of drug-likeness (QED) is 0.607. The second-order valence-electron chi connectivity index (χ2n) is 5.81. The van der Waals surface area contributed by atoms with Gasteiger partial charge in [0.05, 0.1) is 6.54 Å². The predicted molar refractivity (Wildman–Crippen MR) is 83.3 cm³/mol. The number of nitrogens with zero attached hydrogens (tertiary/aromatic N) is 2. The molecule has 0 unspecified atom stereocenters. The highest BCUT2D eigenvalue weighted by Gasteiger charge is 2.19. The van der Waals surface area contributed by atoms with Crippen LogP contribution in [-0.4, -0.2) is 47.9 Å². The zero-order valence-corrected chi connectivity index (χ0v) is 13.9. The van der Waals surface area contributed by atoms with Crippen molar-refractivity contribution < 1.29 is 4.79 Å². The van der Waals surface area contributed by atoms with Crippen LogP contribution in [0.25, 0.3) is 0 Å². The number of hydrogen-bond acceptors (Lipinski definition) is 2. The van der Waals surface area contributed by atoms with Crippen LogP contribution in [0.1, 0.15) is 60.8 Å². The third-order valence-electron chi connectivity index (χ3n) is 3.85. The summed E-state index contributed by atoms with van der Waals surface area (Å²) in [5.74, 6) is 1.04. The first-order valence-corrected chi connectivity index (χ1v) is 7.97. The van der Waals surface area contributed by atoms with Crippen molar-refractivity contribution >= 4 is 5.91 Å². The second-order valence-corrected chi connectivity index (χ2v) is 5.81. The lowest BCUT2D eigenvalue weighted by molar-refractivity contribution is -0.134. The molecular weight excluding hydrogens is 236 g/mol. The number of likely N-dealkylation sites (N-methyl/N-ethyl adjacent to an activating group) is 2. The highest BCUT2D eigenvalue weighted by molar-refractivity contribution is 5.78. The molecule has 0 aliphatic rings. The van der Waals surface area contributed by atoms with E-state index in [1.807, 2.05) is 4.90 Å². The van der Waals surface area contributed by atoms with Crippen molar-refractivity contribution in [3.63, 3.8) is 0 Å². The van der Waals surface area contributed by atoms with E-state index in [0.717, 1.165) is 32.0 Å². The molecule has 0 radical (unpaired) electrons. The van der Waals surface area contributed by atoms with Crippen molar-refractivity contribution in [1.29, 1.82) is 0 Å². The Balaban J connectivity index is 4.25. The van der Waals surface area contributed by atoms with Gasteiger partial charge in [0.25, 0.3) is 0 Å². The Morgan fingerprint density at radius 2 is 1.53 bits per heavy atom. The van der Waals surface area contributed by atoms with Gasteiger partial charge in [-0.2, -0.15) is 0 Å². The minimum atomic E-state index is 0.281. The summed E-state index contributed by atoms with van der Waals surface area (Å²) in [7, 11) is 0. The van der Waals surface area contributed by atoms with E-state index in [1.54, 1.807) is 0 Å². The van der Waals surface area contributed by atoms with E-state index in [-0.39, 0.29) is 5.91 Å². The largest absolute Gasteiger partial charge is 0.339 e. The number of carbonyl (C=O) groups is 1. The van der Waals surface area contributed by atoms with Crippen molar-refractivity contribution in [3.05, 3.63) is 0 Å². The van der Waals surface area contributed by atoms with Crippen molar-refractivity contribution in [2.45, 2.75) is 66.8 Å². The van der Waals surface area contributed by atoms with Gasteiger partial charge >= 0.3 is 0 Å². The van der Waals surface area contributed by atoms with E-state index in [0.29, 0.717) is 12.6 Å². The van der Waals surface area contributed by atoms with Crippen LogP contribution in [0.15, 0.2) is 0 Å². The van der Waals surface area contributed by atoms with Crippen LogP contribution in [0.2, 0.25) is 0 Å². The summed E-state index contributed by atoms with van der Waals surface area (Å²) >= 11 is 0. The molecule has 0 spiro atoms. The fraction of sp³-hybridized carbons (Fsp3) is 0.938. The average Bonchev–Trinajstić information content (AvgIpc) is 2.36. The molecule has 0 saturated carbocycles. The van der Waals surface area contributed by atoms with Crippen LogP contribution in [-0.2, 0) is 4.79 Å². The van der Waals surface area contributed by atoms with Crippen molar-refractivity contribution in [2.75, 3.05) is 26.2 Å². The van der Waals surface area contributed by atoms with Gasteiger partial charge in [-0.15, -0.1) is 0 Å². The highest BCUT2D eigenvalue weighted by Crippen LogP contribution is 2.13. The minimum absolute atomic E-state index is 0.281. The zero-order valence-electron chi connectivity index (χ0n) is 13.9. The van der Waals surface area contributed by atoms with Gasteiger partial charge in [-0.05, 0) is 39.3 Å². The van der Waals surface area contributed by atoms with Gasteiger partial charge in [0.15, 0.2) is 0 Å². The Labute approximate surface area is 120 Å². The number of hydrogen-bond donors (Lipinski definition) is 0. The summed E-state index contributed by atoms with van der Waals surface area (Å²) in [6, 6.07) is 0.367. The topological polar surface area (TPSA) is 23.6 Å². The maximum absolute atomic E-state index is 12.3. The molecule has 3 heteroatoms. The normalized spacial score (nSPS) is 13.1. The lowest BCUT2D eigenvalue weighted by Crippen LogP contribution is -2.44. The van der Waals surface area contributed by atoms with Crippen LogP contribution < -0.4 is 0 Å². The summed E-state index contributed by atoms with van der Waals surface area (Å²) in [5, 5.41) is 0. The van der Waals surface area contributed by atoms with Gasteiger partial charge in [-0.3, -0.25) is 9.69 Å². The van der Waals surface area contributed by atoms with Crippen LogP contribution in [0.3, 0.4) is 0 Å². The lowest BCUT2D eigenvalue weighted by Gasteiger charge is -2.30. The molecule has 0 heterocycles. The molecule has 114 valence electrons. The maximum Gasteiger partial charge on any atom is 0.236 e. The van der Waals surface area contributed by atoms with E-state index < -0.39 is 0 Å². The molecule has 0 saturated heterocycles. The summed E-state index contributed by atoms with van der Waals surface area (Å²) in [5.41, 5.74) is 0. The first kappa shape index (κ1) is 18.4. The SMILES string of the molecule is CCN(CC)CC(=O)N(CC)[C@H](C)CCCC(C)C. The fourth-order valence-electron chi connectivity index (χ4n) is 2.44. The number of amides is 1. The van der Waals surface area contributed by atoms with E-state index in [1.165, 1.54) is 12.8 Å². The lowest BCUT2D eigenvalue weighted by atomic mass is 10.0. The summed E-state index contributed by atoms with van der Waals surface area (Å²) in [6.07, 6.45) is 3.59. The van der Waals surface area contributed by atoms with Gasteiger partial charge < -0.3 is 4.90 Å². The Morgan fingerprint density at radius 1 is 0.947 bits per heavy atom. The summed E-state index contributed by atoms with van der Waals surface area (Å²) in [4.78, 5) is 16.6. The van der Waals surface area contributed by atoms with Gasteiger partial charge in [-0.1, -0.05) is 40.5 Å². The molecule has 0 aliphatic heterocycles. The van der Waals surface area contributed by atoms with Crippen molar-refractivity contribution in [2.24, 2.45) is 5.92 Å². The zero-order chi connectivity index (χ0) is 14.8. The molecule has 0 rings (SSSR count). The molecule has 0 fully saturated rings. The van der Waals surface area contributed by atoms with Crippen molar-refractivity contribution in [3.8, 4) is 0 Å². The minimum Gasteiger partial charge on any atom is -0.339 e. The molecular formula is C16H34N2O. The third kappa shape index (κ3) is 7.56. The van der Waals surface area contributed by atoms with E-state index in [4.69, 9.17) is 0 Å². The van der Waals surface area contributed by atoms with Crippen LogP contribution >= 0.6 is 0 Å². The second kappa shape index (κ2) is 10.2. The monoisotopic (exact) mass is 270 g/mol. The Kier molecular flexibility index (Phi) is 9.94. The van der Waals surface area contributed by atoms with Gasteiger partial charge in [-0.25, -0.2) is 0 Å². The molecule has 0 bridgehead atoms. The Hall–Kier alpha value is -0.570. The average molecular weight is 270 g/mol. The first-order chi connectivity index (χ1) is 8.96. The predicted octanol–water partition coefficient (Wildman–Crippen LogP) is 3.39. The first-order valence-electron chi connectivity index (χ1n) is 7.97. The molecule has 0 aromatic heterocycles. The smallest absolute Gasteiger partial charge is 0.236 e. The van der Waals surface area contributed by atoms with Crippen LogP contribution in [0.5, 0.6) is 0 Å². The molecule has 1 atom stereocenters. The maximum atomic E-state index is 12.3. The standard InChI is InChI=1S/C16H34N2O/c1-7-17(8-2)13-16(19)18(9-3)15(6)12-10-11-14(4)5/h14-15H,7-13H2,1-6H3/t15-/m1/s1. The number of carbonyl (C=O) groups excluding carboxylic acids is 1. The molecule has 19 heavy (non-hydrogen) atoms. The Bertz CT molecular complexity index is 237. The molecule has 1 amide bonds. The Morgan fingerprint density at radius 3 is 1.95 bits per heavy atom. The fourth-order valence-corrected chi connectivity index (χ4v) is 2.44. The molecule has 0 N–H and O–H groups in total. The molecule has 0 aliphatic carbocycles. The third-order valence-corrected chi connectivity index (χ3v) is 3.85. The van der Waals surface area contributed by atoms with Crippen molar-refractivity contribution in [1.82, 2.24) is 9.80 Å². The van der Waals surface area contributed by atoms with Crippen LogP contribution in [0, 0.1) is 5.92 Å². The summed E-state index contributed by atoms with van der Waals surface area (Å²) < 4.78 is 0. The highest BCUT2D eigenvalue weighted by atomic mass is 16.2. The molecule has 0 aromatic carbocycles. The van der Waals surface area contributed by atoms with Gasteiger partial charge in [0.2, 0.25) is 5.91 Å². The molecule has 3 nitrogen and oxygen atoms in total.